The zero-order valence-electron chi connectivity index (χ0n) is 25.8. The van der Waals surface area contributed by atoms with Crippen LogP contribution in [-0.2, 0) is 23.1 Å². The molecular weight excluding hydrogens is 577 g/mol. The Balaban J connectivity index is 1.53. The molecule has 11 nitrogen and oxygen atoms in total. The standard InChI is InChI=1S/C33H32FN7O4/c1-32(2,3)45-31(43)41-17-20-16-22(44-30-35-14-7-15-36-30)12-13-23(20)24-25-27(37-18-38-28(25)41)40(6)26(24)19-8-10-21(11-9-19)39-29(42)33(4,5)34/h7-16,18H,17H2,1-6H3,(H,39,42). The number of amides is 2. The Hall–Kier alpha value is -5.39. The molecule has 1 aliphatic rings. The third-order valence-corrected chi connectivity index (χ3v) is 7.20. The molecule has 0 saturated carbocycles. The number of carbonyl (C=O) groups excluding carboxylic acids is 2. The lowest BCUT2D eigenvalue weighted by Gasteiger charge is -2.26. The molecule has 230 valence electrons. The van der Waals surface area contributed by atoms with Crippen LogP contribution in [0.5, 0.6) is 11.8 Å². The SMILES string of the molecule is Cn1c(-c2ccc(NC(=O)C(C)(C)F)cc2)c2c3c(ncnc31)N(C(=O)OC(C)(C)C)Cc1cc(Oc3ncccn3)ccc1-2. The molecule has 0 radical (unpaired) electrons. The molecule has 4 heterocycles. The van der Waals surface area contributed by atoms with E-state index >= 15 is 0 Å². The number of alkyl halides is 1. The molecule has 0 spiro atoms. The number of hydrogen-bond donors (Lipinski definition) is 1. The molecule has 6 rings (SSSR count). The van der Waals surface area contributed by atoms with E-state index in [1.165, 1.54) is 25.1 Å². The number of nitrogens with zero attached hydrogens (tertiary/aromatic N) is 6. The van der Waals surface area contributed by atoms with Gasteiger partial charge in [0.25, 0.3) is 5.91 Å². The summed E-state index contributed by atoms with van der Waals surface area (Å²) >= 11 is 0. The summed E-state index contributed by atoms with van der Waals surface area (Å²) in [6.45, 7) is 7.99. The zero-order chi connectivity index (χ0) is 32.1. The summed E-state index contributed by atoms with van der Waals surface area (Å²) in [4.78, 5) is 44.9. The van der Waals surface area contributed by atoms with E-state index in [1.807, 2.05) is 62.7 Å². The maximum Gasteiger partial charge on any atom is 0.416 e. The van der Waals surface area contributed by atoms with Crippen LogP contribution in [0.4, 0.5) is 20.7 Å². The molecule has 1 aliphatic heterocycles. The molecule has 0 saturated heterocycles. The van der Waals surface area contributed by atoms with E-state index in [1.54, 1.807) is 30.6 Å². The summed E-state index contributed by atoms with van der Waals surface area (Å²) in [5.74, 6) is 0.164. The molecule has 0 atom stereocenters. The fraction of sp³-hybridized carbons (Fsp3) is 0.273. The lowest BCUT2D eigenvalue weighted by atomic mass is 9.95. The zero-order valence-corrected chi connectivity index (χ0v) is 25.8. The number of nitrogens with one attached hydrogen (secondary N) is 1. The Morgan fingerprint density at radius 1 is 0.956 bits per heavy atom. The molecule has 2 aromatic carbocycles. The number of fused-ring (bicyclic) bond motifs is 2. The summed E-state index contributed by atoms with van der Waals surface area (Å²) in [5.41, 5.74) is 2.35. The second-order valence-electron chi connectivity index (χ2n) is 12.2. The van der Waals surface area contributed by atoms with E-state index < -0.39 is 23.3 Å². The lowest BCUT2D eigenvalue weighted by molar-refractivity contribution is -0.125. The number of anilines is 2. The van der Waals surface area contributed by atoms with E-state index in [-0.39, 0.29) is 12.6 Å². The highest BCUT2D eigenvalue weighted by atomic mass is 19.1. The monoisotopic (exact) mass is 609 g/mol. The number of carbonyl (C=O) groups is 2. The molecule has 0 fully saturated rings. The van der Waals surface area contributed by atoms with Gasteiger partial charge in [0.2, 0.25) is 0 Å². The second-order valence-corrected chi connectivity index (χ2v) is 12.2. The Morgan fingerprint density at radius 2 is 1.67 bits per heavy atom. The van der Waals surface area contributed by atoms with Gasteiger partial charge in [0.15, 0.2) is 11.5 Å². The molecule has 3 aromatic heterocycles. The van der Waals surface area contributed by atoms with Crippen molar-refractivity contribution in [3.63, 3.8) is 0 Å². The van der Waals surface area contributed by atoms with Crippen LogP contribution in [0.1, 0.15) is 40.2 Å². The molecule has 0 unspecified atom stereocenters. The van der Waals surface area contributed by atoms with Crippen molar-refractivity contribution in [3.8, 4) is 34.1 Å². The van der Waals surface area contributed by atoms with Gasteiger partial charge in [-0.25, -0.2) is 29.1 Å². The van der Waals surface area contributed by atoms with Crippen molar-refractivity contribution in [2.24, 2.45) is 7.05 Å². The van der Waals surface area contributed by atoms with Crippen molar-refractivity contribution in [1.29, 1.82) is 0 Å². The number of benzene rings is 2. The Labute approximate surface area is 259 Å². The number of aromatic nitrogens is 5. The molecule has 12 heteroatoms. The number of aryl methyl sites for hydroxylation is 1. The molecule has 5 aromatic rings. The van der Waals surface area contributed by atoms with Crippen molar-refractivity contribution in [2.45, 2.75) is 52.4 Å². The van der Waals surface area contributed by atoms with Crippen molar-refractivity contribution in [2.75, 3.05) is 10.2 Å². The topological polar surface area (TPSA) is 124 Å². The largest absolute Gasteiger partial charge is 0.443 e. The van der Waals surface area contributed by atoms with Crippen molar-refractivity contribution >= 4 is 34.5 Å². The average Bonchev–Trinajstić information content (AvgIpc) is 3.19. The summed E-state index contributed by atoms with van der Waals surface area (Å²) < 4.78 is 27.9. The molecular formula is C33H32FN7O4. The van der Waals surface area contributed by atoms with E-state index in [0.29, 0.717) is 28.3 Å². The smallest absolute Gasteiger partial charge is 0.416 e. The molecule has 0 bridgehead atoms. The number of ether oxygens (including phenoxy) is 2. The lowest BCUT2D eigenvalue weighted by Crippen LogP contribution is -2.37. The van der Waals surface area contributed by atoms with Crippen LogP contribution in [0.2, 0.25) is 0 Å². The maximum absolute atomic E-state index is 14.2. The number of rotatable bonds is 5. The fourth-order valence-corrected chi connectivity index (χ4v) is 5.20. The first-order chi connectivity index (χ1) is 21.3. The summed E-state index contributed by atoms with van der Waals surface area (Å²) in [6.07, 6.45) is 4.05. The van der Waals surface area contributed by atoms with E-state index in [4.69, 9.17) is 9.47 Å². The van der Waals surface area contributed by atoms with Gasteiger partial charge in [-0.2, -0.15) is 0 Å². The molecule has 0 aliphatic carbocycles. The normalized spacial score (nSPS) is 12.8. The van der Waals surface area contributed by atoms with Gasteiger partial charge < -0.3 is 19.4 Å². The second kappa shape index (κ2) is 11.0. The predicted octanol–water partition coefficient (Wildman–Crippen LogP) is 6.83. The Morgan fingerprint density at radius 3 is 2.33 bits per heavy atom. The van der Waals surface area contributed by atoms with Crippen LogP contribution in [0.3, 0.4) is 0 Å². The molecule has 45 heavy (non-hydrogen) atoms. The van der Waals surface area contributed by atoms with Crippen LogP contribution in [0.25, 0.3) is 33.4 Å². The highest BCUT2D eigenvalue weighted by Crippen LogP contribution is 2.47. The first kappa shape index (κ1) is 29.7. The van der Waals surface area contributed by atoms with Gasteiger partial charge in [0, 0.05) is 30.7 Å². The highest BCUT2D eigenvalue weighted by Gasteiger charge is 2.34. The summed E-state index contributed by atoms with van der Waals surface area (Å²) in [5, 5.41) is 3.29. The van der Waals surface area contributed by atoms with Crippen LogP contribution in [0.15, 0.2) is 67.3 Å². The van der Waals surface area contributed by atoms with Crippen molar-refractivity contribution in [3.05, 3.63) is 72.8 Å². The van der Waals surface area contributed by atoms with E-state index in [9.17, 15) is 14.0 Å². The number of halogens is 1. The first-order valence-electron chi connectivity index (χ1n) is 14.3. The van der Waals surface area contributed by atoms with E-state index in [0.717, 1.165) is 27.9 Å². The van der Waals surface area contributed by atoms with Crippen LogP contribution >= 0.6 is 0 Å². The van der Waals surface area contributed by atoms with Gasteiger partial charge in [0.1, 0.15) is 23.3 Å². The van der Waals surface area contributed by atoms with Gasteiger partial charge >= 0.3 is 12.1 Å². The summed E-state index contributed by atoms with van der Waals surface area (Å²) in [6, 6.07) is 14.6. The van der Waals surface area contributed by atoms with Gasteiger partial charge in [0.05, 0.1) is 17.6 Å². The quantitative estimate of drug-likeness (QED) is 0.230. The van der Waals surface area contributed by atoms with Gasteiger partial charge in [-0.15, -0.1) is 0 Å². The third kappa shape index (κ3) is 5.78. The fourth-order valence-electron chi connectivity index (χ4n) is 5.20. The minimum absolute atomic E-state index is 0.144. The Kier molecular flexibility index (Phi) is 7.22. The van der Waals surface area contributed by atoms with E-state index in [2.05, 4.69) is 25.3 Å². The van der Waals surface area contributed by atoms with Crippen molar-refractivity contribution in [1.82, 2.24) is 24.5 Å². The third-order valence-electron chi connectivity index (χ3n) is 7.20. The minimum atomic E-state index is -2.02. The van der Waals surface area contributed by atoms with Gasteiger partial charge in [-0.3, -0.25) is 9.69 Å². The highest BCUT2D eigenvalue weighted by molar-refractivity contribution is 6.12. The van der Waals surface area contributed by atoms with Gasteiger partial charge in [-0.1, -0.05) is 18.2 Å². The Bertz CT molecular complexity index is 1930. The summed E-state index contributed by atoms with van der Waals surface area (Å²) in [7, 11) is 1.89. The average molecular weight is 610 g/mol. The molecule has 2 amide bonds. The number of hydrogen-bond acceptors (Lipinski definition) is 8. The van der Waals surface area contributed by atoms with Crippen LogP contribution < -0.4 is 15.0 Å². The minimum Gasteiger partial charge on any atom is -0.443 e. The maximum atomic E-state index is 14.2. The molecule has 1 N–H and O–H groups in total. The van der Waals surface area contributed by atoms with Crippen LogP contribution in [-0.4, -0.2) is 47.8 Å². The predicted molar refractivity (Wildman–Crippen MR) is 168 cm³/mol. The first-order valence-corrected chi connectivity index (χ1v) is 14.3. The van der Waals surface area contributed by atoms with Crippen LogP contribution in [0, 0.1) is 0 Å². The van der Waals surface area contributed by atoms with Crippen molar-refractivity contribution < 1.29 is 23.5 Å². The van der Waals surface area contributed by atoms with Gasteiger partial charge in [-0.05, 0) is 81.6 Å².